The summed E-state index contributed by atoms with van der Waals surface area (Å²) in [7, 11) is 1.48. The predicted molar refractivity (Wildman–Crippen MR) is 65.3 cm³/mol. The van der Waals surface area contributed by atoms with Crippen molar-refractivity contribution >= 4 is 17.5 Å². The lowest BCUT2D eigenvalue weighted by molar-refractivity contribution is -0.137. The average Bonchev–Trinajstić information content (AvgIpc) is 2.35. The second kappa shape index (κ2) is 6.77. The van der Waals surface area contributed by atoms with E-state index in [-0.39, 0.29) is 24.1 Å². The van der Waals surface area contributed by atoms with Crippen molar-refractivity contribution in [2.24, 2.45) is 0 Å². The summed E-state index contributed by atoms with van der Waals surface area (Å²) in [6.45, 7) is 0.449. The van der Waals surface area contributed by atoms with Gasteiger partial charge in [-0.05, 0) is 24.3 Å². The maximum Gasteiger partial charge on any atom is 0.416 e. The van der Waals surface area contributed by atoms with E-state index in [4.69, 9.17) is 16.3 Å². The molecular weight excluding hydrogens is 283 g/mol. The number of rotatable bonds is 5. The van der Waals surface area contributed by atoms with Gasteiger partial charge in [0.15, 0.2) is 0 Å². The Labute approximate surface area is 113 Å². The molecule has 0 spiro atoms. The van der Waals surface area contributed by atoms with Gasteiger partial charge in [-0.2, -0.15) is 13.2 Å². The molecule has 106 valence electrons. The number of carbonyl (C=O) groups excluding carboxylic acids is 1. The number of benzene rings is 1. The van der Waals surface area contributed by atoms with Crippen LogP contribution in [0.3, 0.4) is 0 Å². The molecule has 1 unspecified atom stereocenters. The van der Waals surface area contributed by atoms with E-state index in [1.807, 2.05) is 0 Å². The van der Waals surface area contributed by atoms with Crippen LogP contribution in [0.4, 0.5) is 13.2 Å². The van der Waals surface area contributed by atoms with Crippen molar-refractivity contribution in [3.8, 4) is 0 Å². The highest BCUT2D eigenvalue weighted by molar-refractivity contribution is 6.21. The second-order valence-electron chi connectivity index (χ2n) is 3.84. The lowest BCUT2D eigenvalue weighted by atomic mass is 10.1. The van der Waals surface area contributed by atoms with Crippen molar-refractivity contribution in [1.82, 2.24) is 5.32 Å². The van der Waals surface area contributed by atoms with Gasteiger partial charge < -0.3 is 10.1 Å². The lowest BCUT2D eigenvalue weighted by Crippen LogP contribution is -2.31. The summed E-state index contributed by atoms with van der Waals surface area (Å²) in [5.74, 6) is -0.476. The molecule has 1 N–H and O–H groups in total. The Morgan fingerprint density at radius 2 is 1.95 bits per heavy atom. The SMILES string of the molecule is COCC(Cl)CNC(=O)c1ccc(C(F)(F)F)cc1. The zero-order valence-electron chi connectivity index (χ0n) is 10.1. The standard InChI is InChI=1S/C12H13ClF3NO2/c1-19-7-10(13)6-17-11(18)8-2-4-9(5-3-8)12(14,15)16/h2-5,10H,6-7H2,1H3,(H,17,18). The Bertz CT molecular complexity index is 420. The van der Waals surface area contributed by atoms with Crippen LogP contribution in [0.25, 0.3) is 0 Å². The highest BCUT2D eigenvalue weighted by Gasteiger charge is 2.30. The number of alkyl halides is 4. The van der Waals surface area contributed by atoms with Crippen molar-refractivity contribution in [3.05, 3.63) is 35.4 Å². The molecule has 3 nitrogen and oxygen atoms in total. The van der Waals surface area contributed by atoms with Gasteiger partial charge >= 0.3 is 6.18 Å². The fraction of sp³-hybridized carbons (Fsp3) is 0.417. The summed E-state index contributed by atoms with van der Waals surface area (Å²) in [6, 6.07) is 3.97. The molecule has 0 bridgehead atoms. The molecule has 0 aromatic heterocycles. The van der Waals surface area contributed by atoms with Crippen LogP contribution < -0.4 is 5.32 Å². The number of amides is 1. The third-order valence-corrected chi connectivity index (χ3v) is 2.59. The van der Waals surface area contributed by atoms with Crippen LogP contribution >= 0.6 is 11.6 Å². The van der Waals surface area contributed by atoms with Gasteiger partial charge in [-0.3, -0.25) is 4.79 Å². The van der Waals surface area contributed by atoms with Crippen LogP contribution in [0.2, 0.25) is 0 Å². The number of nitrogens with one attached hydrogen (secondary N) is 1. The van der Waals surface area contributed by atoms with Crippen molar-refractivity contribution in [3.63, 3.8) is 0 Å². The van der Waals surface area contributed by atoms with Gasteiger partial charge in [0, 0.05) is 19.2 Å². The summed E-state index contributed by atoms with van der Waals surface area (Å²) in [5.41, 5.74) is -0.645. The molecule has 0 saturated heterocycles. The summed E-state index contributed by atoms with van der Waals surface area (Å²) in [4.78, 5) is 11.6. The molecule has 0 heterocycles. The molecule has 0 radical (unpaired) electrons. The molecular formula is C12H13ClF3NO2. The highest BCUT2D eigenvalue weighted by Crippen LogP contribution is 2.28. The van der Waals surface area contributed by atoms with Crippen LogP contribution in [0.1, 0.15) is 15.9 Å². The van der Waals surface area contributed by atoms with E-state index >= 15 is 0 Å². The first-order valence-electron chi connectivity index (χ1n) is 5.43. The molecule has 0 aliphatic rings. The van der Waals surface area contributed by atoms with E-state index in [2.05, 4.69) is 5.32 Å². The number of methoxy groups -OCH3 is 1. The van der Waals surface area contributed by atoms with Crippen molar-refractivity contribution in [2.45, 2.75) is 11.6 Å². The smallest absolute Gasteiger partial charge is 0.383 e. The Hall–Kier alpha value is -1.27. The first-order chi connectivity index (χ1) is 8.84. The maximum absolute atomic E-state index is 12.3. The quantitative estimate of drug-likeness (QED) is 0.848. The zero-order valence-corrected chi connectivity index (χ0v) is 10.9. The number of hydrogen-bond donors (Lipinski definition) is 1. The summed E-state index contributed by atoms with van der Waals surface area (Å²) >= 11 is 5.81. The Morgan fingerprint density at radius 3 is 2.42 bits per heavy atom. The molecule has 7 heteroatoms. The Balaban J connectivity index is 2.59. The summed E-state index contributed by atoms with van der Waals surface area (Å²) in [5, 5.41) is 2.12. The molecule has 1 aromatic carbocycles. The average molecular weight is 296 g/mol. The van der Waals surface area contributed by atoms with Gasteiger partial charge in [0.05, 0.1) is 17.5 Å². The van der Waals surface area contributed by atoms with E-state index < -0.39 is 17.6 Å². The molecule has 0 aliphatic heterocycles. The molecule has 1 rings (SSSR count). The lowest BCUT2D eigenvalue weighted by Gasteiger charge is -2.10. The monoisotopic (exact) mass is 295 g/mol. The van der Waals surface area contributed by atoms with Crippen LogP contribution in [0.15, 0.2) is 24.3 Å². The zero-order chi connectivity index (χ0) is 14.5. The predicted octanol–water partition coefficient (Wildman–Crippen LogP) is 2.69. The van der Waals surface area contributed by atoms with E-state index in [1.54, 1.807) is 0 Å². The fourth-order valence-corrected chi connectivity index (χ4v) is 1.56. The fourth-order valence-electron chi connectivity index (χ4n) is 1.36. The van der Waals surface area contributed by atoms with Gasteiger partial charge in [-0.25, -0.2) is 0 Å². The third-order valence-electron chi connectivity index (χ3n) is 2.31. The van der Waals surface area contributed by atoms with Gasteiger partial charge in [-0.1, -0.05) is 0 Å². The minimum atomic E-state index is -4.41. The van der Waals surface area contributed by atoms with Crippen molar-refractivity contribution in [2.75, 3.05) is 20.3 Å². The van der Waals surface area contributed by atoms with E-state index in [0.717, 1.165) is 24.3 Å². The molecule has 1 amide bonds. The van der Waals surface area contributed by atoms with E-state index in [1.165, 1.54) is 7.11 Å². The number of carbonyl (C=O) groups is 1. The van der Waals surface area contributed by atoms with Crippen LogP contribution in [-0.4, -0.2) is 31.5 Å². The van der Waals surface area contributed by atoms with Crippen molar-refractivity contribution < 1.29 is 22.7 Å². The summed E-state index contributed by atoms with van der Waals surface area (Å²) in [6.07, 6.45) is -4.41. The van der Waals surface area contributed by atoms with Crippen LogP contribution in [0, 0.1) is 0 Å². The molecule has 0 saturated carbocycles. The number of halogens is 4. The molecule has 19 heavy (non-hydrogen) atoms. The maximum atomic E-state index is 12.3. The van der Waals surface area contributed by atoms with Gasteiger partial charge in [-0.15, -0.1) is 11.6 Å². The number of hydrogen-bond acceptors (Lipinski definition) is 2. The van der Waals surface area contributed by atoms with Gasteiger partial charge in [0.1, 0.15) is 0 Å². The van der Waals surface area contributed by atoms with Crippen LogP contribution in [0.5, 0.6) is 0 Å². The molecule has 0 fully saturated rings. The highest BCUT2D eigenvalue weighted by atomic mass is 35.5. The third kappa shape index (κ3) is 5.08. The normalized spacial score (nSPS) is 13.1. The minimum Gasteiger partial charge on any atom is -0.383 e. The van der Waals surface area contributed by atoms with Crippen molar-refractivity contribution in [1.29, 1.82) is 0 Å². The Kier molecular flexibility index (Phi) is 5.62. The van der Waals surface area contributed by atoms with E-state index in [0.29, 0.717) is 0 Å². The van der Waals surface area contributed by atoms with Gasteiger partial charge in [0.25, 0.3) is 5.91 Å². The molecule has 1 aromatic rings. The van der Waals surface area contributed by atoms with Gasteiger partial charge in [0.2, 0.25) is 0 Å². The first kappa shape index (κ1) is 15.8. The molecule has 1 atom stereocenters. The molecule has 0 aliphatic carbocycles. The topological polar surface area (TPSA) is 38.3 Å². The summed E-state index contributed by atoms with van der Waals surface area (Å²) < 4.78 is 41.8. The largest absolute Gasteiger partial charge is 0.416 e. The van der Waals surface area contributed by atoms with E-state index in [9.17, 15) is 18.0 Å². The number of ether oxygens (including phenoxy) is 1. The second-order valence-corrected chi connectivity index (χ2v) is 4.45. The van der Waals surface area contributed by atoms with Crippen LogP contribution in [-0.2, 0) is 10.9 Å². The first-order valence-corrected chi connectivity index (χ1v) is 5.86. The Morgan fingerprint density at radius 1 is 1.37 bits per heavy atom. The minimum absolute atomic E-state index is 0.147.